The molecule has 1 rings (SSSR count). The van der Waals surface area contributed by atoms with Crippen molar-refractivity contribution < 1.29 is 19.4 Å². The van der Waals surface area contributed by atoms with Crippen LogP contribution in [0.5, 0.6) is 5.75 Å². The third-order valence-electron chi connectivity index (χ3n) is 1.85. The molecule has 0 spiro atoms. The molecule has 1 amide bonds. The van der Waals surface area contributed by atoms with Crippen molar-refractivity contribution in [1.29, 1.82) is 0 Å². The van der Waals surface area contributed by atoms with Crippen LogP contribution in [-0.2, 0) is 9.53 Å². The molecule has 1 aromatic rings. The number of nitrogens with one attached hydrogen (secondary N) is 1. The van der Waals surface area contributed by atoms with E-state index in [2.05, 4.69) is 16.6 Å². The van der Waals surface area contributed by atoms with Gasteiger partial charge in [0.25, 0.3) is 0 Å². The molecule has 0 saturated carbocycles. The molecule has 1 aromatic carbocycles. The summed E-state index contributed by atoms with van der Waals surface area (Å²) in [4.78, 5) is 22.4. The Hall–Kier alpha value is -2.30. The first-order valence-corrected chi connectivity index (χ1v) is 4.43. The fraction of sp³-hybridized carbons (Fsp3) is 0.0909. The summed E-state index contributed by atoms with van der Waals surface area (Å²) in [5.41, 5.74) is 0.340. The fourth-order valence-electron chi connectivity index (χ4n) is 1.10. The van der Waals surface area contributed by atoms with E-state index >= 15 is 0 Å². The molecule has 0 unspecified atom stereocenters. The van der Waals surface area contributed by atoms with Gasteiger partial charge in [0.15, 0.2) is 0 Å². The molecule has 0 saturated heterocycles. The number of carbonyl (C=O) groups excluding carboxylic acids is 2. The van der Waals surface area contributed by atoms with Gasteiger partial charge in [-0.15, -0.1) is 0 Å². The van der Waals surface area contributed by atoms with Crippen molar-refractivity contribution >= 4 is 17.6 Å². The minimum Gasteiger partial charge on any atom is -0.508 e. The molecule has 0 radical (unpaired) electrons. The number of hydrogen-bond donors (Lipinski definition) is 2. The van der Waals surface area contributed by atoms with Crippen LogP contribution in [0.2, 0.25) is 0 Å². The van der Waals surface area contributed by atoms with Gasteiger partial charge in [0.1, 0.15) is 5.75 Å². The Morgan fingerprint density at radius 1 is 1.50 bits per heavy atom. The minimum atomic E-state index is -0.643. The van der Waals surface area contributed by atoms with Gasteiger partial charge in [0.2, 0.25) is 5.91 Å². The SMILES string of the molecule is C=CC(=O)Nc1ccc(O)cc1C(=O)OC. The molecular weight excluding hydrogens is 210 g/mol. The van der Waals surface area contributed by atoms with Crippen LogP contribution in [0.4, 0.5) is 5.69 Å². The van der Waals surface area contributed by atoms with Crippen LogP contribution in [0.1, 0.15) is 10.4 Å². The molecule has 5 nitrogen and oxygen atoms in total. The third-order valence-corrected chi connectivity index (χ3v) is 1.85. The van der Waals surface area contributed by atoms with Crippen LogP contribution in [0.3, 0.4) is 0 Å². The van der Waals surface area contributed by atoms with E-state index in [-0.39, 0.29) is 17.0 Å². The number of hydrogen-bond acceptors (Lipinski definition) is 4. The van der Waals surface area contributed by atoms with E-state index in [1.165, 1.54) is 25.3 Å². The maximum absolute atomic E-state index is 11.3. The highest BCUT2D eigenvalue weighted by Gasteiger charge is 2.13. The van der Waals surface area contributed by atoms with E-state index in [0.717, 1.165) is 6.08 Å². The number of esters is 1. The number of methoxy groups -OCH3 is 1. The van der Waals surface area contributed by atoms with Gasteiger partial charge in [-0.3, -0.25) is 4.79 Å². The zero-order valence-electron chi connectivity index (χ0n) is 8.69. The molecule has 16 heavy (non-hydrogen) atoms. The number of aromatic hydroxyl groups is 1. The summed E-state index contributed by atoms with van der Waals surface area (Å²) in [6.07, 6.45) is 1.08. The zero-order chi connectivity index (χ0) is 12.1. The van der Waals surface area contributed by atoms with Gasteiger partial charge in [-0.2, -0.15) is 0 Å². The summed E-state index contributed by atoms with van der Waals surface area (Å²) in [6.45, 7) is 3.29. The van der Waals surface area contributed by atoms with Gasteiger partial charge in [-0.1, -0.05) is 6.58 Å². The van der Waals surface area contributed by atoms with Gasteiger partial charge in [-0.05, 0) is 24.3 Å². The molecule has 2 N–H and O–H groups in total. The third kappa shape index (κ3) is 2.60. The van der Waals surface area contributed by atoms with Crippen molar-refractivity contribution in [2.45, 2.75) is 0 Å². The first-order valence-electron chi connectivity index (χ1n) is 4.43. The van der Waals surface area contributed by atoms with Crippen molar-refractivity contribution in [3.05, 3.63) is 36.4 Å². The van der Waals surface area contributed by atoms with Crippen molar-refractivity contribution in [2.24, 2.45) is 0 Å². The molecule has 0 fully saturated rings. The smallest absolute Gasteiger partial charge is 0.340 e. The maximum Gasteiger partial charge on any atom is 0.340 e. The number of anilines is 1. The molecule has 5 heteroatoms. The highest BCUT2D eigenvalue weighted by Crippen LogP contribution is 2.22. The molecule has 0 heterocycles. The highest BCUT2D eigenvalue weighted by molar-refractivity contribution is 6.04. The van der Waals surface area contributed by atoms with Gasteiger partial charge >= 0.3 is 5.97 Å². The summed E-state index contributed by atoms with van der Waals surface area (Å²) < 4.78 is 4.52. The molecule has 0 aliphatic carbocycles. The Kier molecular flexibility index (Phi) is 3.66. The van der Waals surface area contributed by atoms with Crippen LogP contribution >= 0.6 is 0 Å². The first kappa shape index (κ1) is 11.8. The summed E-state index contributed by atoms with van der Waals surface area (Å²) in [5.74, 6) is -1.18. The van der Waals surface area contributed by atoms with E-state index in [1.54, 1.807) is 0 Å². The Morgan fingerprint density at radius 3 is 2.75 bits per heavy atom. The number of phenolic OH excluding ortho intramolecular Hbond substituents is 1. The lowest BCUT2D eigenvalue weighted by Gasteiger charge is -2.08. The molecular formula is C11H11NO4. The van der Waals surface area contributed by atoms with E-state index in [1.807, 2.05) is 0 Å². The van der Waals surface area contributed by atoms with Crippen LogP contribution in [0.25, 0.3) is 0 Å². The molecule has 0 bridgehead atoms. The number of carbonyl (C=O) groups is 2. The summed E-state index contributed by atoms with van der Waals surface area (Å²) in [5, 5.41) is 11.7. The fourth-order valence-corrected chi connectivity index (χ4v) is 1.10. The standard InChI is InChI=1S/C11H11NO4/c1-3-10(14)12-9-5-4-7(13)6-8(9)11(15)16-2/h3-6,13H,1H2,2H3,(H,12,14). The average molecular weight is 221 g/mol. The average Bonchev–Trinajstić information content (AvgIpc) is 2.30. The van der Waals surface area contributed by atoms with E-state index < -0.39 is 11.9 Å². The van der Waals surface area contributed by atoms with E-state index in [4.69, 9.17) is 0 Å². The second kappa shape index (κ2) is 4.97. The lowest BCUT2D eigenvalue weighted by molar-refractivity contribution is -0.111. The normalized spacial score (nSPS) is 9.31. The highest BCUT2D eigenvalue weighted by atomic mass is 16.5. The van der Waals surface area contributed by atoms with E-state index in [9.17, 15) is 14.7 Å². The second-order valence-electron chi connectivity index (χ2n) is 2.91. The van der Waals surface area contributed by atoms with Crippen molar-refractivity contribution in [3.8, 4) is 5.75 Å². The van der Waals surface area contributed by atoms with Gasteiger partial charge in [-0.25, -0.2) is 4.79 Å². The topological polar surface area (TPSA) is 75.6 Å². The van der Waals surface area contributed by atoms with Crippen LogP contribution in [-0.4, -0.2) is 24.1 Å². The van der Waals surface area contributed by atoms with Gasteiger partial charge in [0, 0.05) is 0 Å². The monoisotopic (exact) mass is 221 g/mol. The zero-order valence-corrected chi connectivity index (χ0v) is 8.69. The molecule has 0 atom stereocenters. The molecule has 84 valence electrons. The van der Waals surface area contributed by atoms with Crippen molar-refractivity contribution in [2.75, 3.05) is 12.4 Å². The van der Waals surface area contributed by atoms with Gasteiger partial charge in [0.05, 0.1) is 18.4 Å². The number of phenols is 1. The van der Waals surface area contributed by atoms with E-state index in [0.29, 0.717) is 0 Å². The number of amides is 1. The van der Waals surface area contributed by atoms with Crippen LogP contribution < -0.4 is 5.32 Å². The predicted octanol–water partition coefficient (Wildman–Crippen LogP) is 1.30. The Balaban J connectivity index is 3.12. The maximum atomic E-state index is 11.3. The first-order chi connectivity index (χ1) is 7.58. The quantitative estimate of drug-likeness (QED) is 0.458. The molecule has 0 aliphatic rings. The number of rotatable bonds is 3. The Morgan fingerprint density at radius 2 is 2.19 bits per heavy atom. The number of benzene rings is 1. The lowest BCUT2D eigenvalue weighted by atomic mass is 10.1. The Bertz CT molecular complexity index is 440. The van der Waals surface area contributed by atoms with Crippen LogP contribution in [0, 0.1) is 0 Å². The van der Waals surface area contributed by atoms with Crippen LogP contribution in [0.15, 0.2) is 30.9 Å². The van der Waals surface area contributed by atoms with Crippen molar-refractivity contribution in [3.63, 3.8) is 0 Å². The summed E-state index contributed by atoms with van der Waals surface area (Å²) >= 11 is 0. The predicted molar refractivity (Wildman–Crippen MR) is 58.3 cm³/mol. The van der Waals surface area contributed by atoms with Gasteiger partial charge < -0.3 is 15.2 Å². The lowest BCUT2D eigenvalue weighted by Crippen LogP contribution is -2.12. The summed E-state index contributed by atoms with van der Waals surface area (Å²) in [6, 6.07) is 3.97. The van der Waals surface area contributed by atoms with Crippen molar-refractivity contribution in [1.82, 2.24) is 0 Å². The minimum absolute atomic E-state index is 0.0812. The Labute approximate surface area is 92.3 Å². The molecule has 0 aromatic heterocycles. The second-order valence-corrected chi connectivity index (χ2v) is 2.91. The largest absolute Gasteiger partial charge is 0.508 e. The summed E-state index contributed by atoms with van der Waals surface area (Å²) in [7, 11) is 1.21. The molecule has 0 aliphatic heterocycles. The number of ether oxygens (including phenoxy) is 1.